The van der Waals surface area contributed by atoms with Crippen molar-refractivity contribution in [1.29, 1.82) is 0 Å². The number of hydrogen-bond acceptors (Lipinski definition) is 5. The topological polar surface area (TPSA) is 110 Å². The van der Waals surface area contributed by atoms with Gasteiger partial charge in [0.05, 0.1) is 18.8 Å². The van der Waals surface area contributed by atoms with Gasteiger partial charge >= 0.3 is 0 Å². The number of aliphatic hydroxyl groups excluding tert-OH is 4. The molecule has 0 aliphatic carbocycles. The third kappa shape index (κ3) is 29.4. The summed E-state index contributed by atoms with van der Waals surface area (Å²) in [7, 11) is 0. The Hall–Kier alpha value is -0.690. The van der Waals surface area contributed by atoms with Gasteiger partial charge in [-0.05, 0) is 12.8 Å². The number of aliphatic hydroxyl groups is 4. The third-order valence-electron chi connectivity index (χ3n) is 9.82. The molecule has 46 heavy (non-hydrogen) atoms. The van der Waals surface area contributed by atoms with Crippen molar-refractivity contribution in [2.75, 3.05) is 6.61 Å². The second-order valence-corrected chi connectivity index (χ2v) is 14.3. The van der Waals surface area contributed by atoms with Gasteiger partial charge in [-0.25, -0.2) is 0 Å². The summed E-state index contributed by atoms with van der Waals surface area (Å²) in [5, 5.41) is 43.5. The Morgan fingerprint density at radius 1 is 0.457 bits per heavy atom. The third-order valence-corrected chi connectivity index (χ3v) is 9.82. The standard InChI is InChI=1S/C40H81NO5/c1-3-5-7-9-11-13-15-16-17-18-19-20-21-22-23-24-26-28-30-32-34-38(44)40(46)41-36(35-42)39(45)37(43)33-31-29-27-25-14-12-10-8-6-4-2/h36-39,42-45H,3-35H2,1-2H3,(H,41,46)/t36?,37?,38-,39?/m1/s1. The van der Waals surface area contributed by atoms with Crippen LogP contribution in [0.2, 0.25) is 0 Å². The molecule has 0 aliphatic heterocycles. The van der Waals surface area contributed by atoms with Crippen LogP contribution in [0.5, 0.6) is 0 Å². The van der Waals surface area contributed by atoms with Crippen LogP contribution in [-0.2, 0) is 4.79 Å². The highest BCUT2D eigenvalue weighted by molar-refractivity contribution is 5.80. The molecule has 0 saturated carbocycles. The maximum atomic E-state index is 12.4. The molecule has 0 aromatic heterocycles. The zero-order chi connectivity index (χ0) is 33.9. The van der Waals surface area contributed by atoms with Crippen LogP contribution in [0, 0.1) is 0 Å². The van der Waals surface area contributed by atoms with Crippen LogP contribution in [0.1, 0.15) is 219 Å². The van der Waals surface area contributed by atoms with E-state index in [-0.39, 0.29) is 0 Å². The molecule has 1 amide bonds. The maximum absolute atomic E-state index is 12.4. The molecule has 0 aliphatic rings. The van der Waals surface area contributed by atoms with Crippen molar-refractivity contribution in [3.8, 4) is 0 Å². The van der Waals surface area contributed by atoms with Crippen LogP contribution in [0.15, 0.2) is 0 Å². The lowest BCUT2D eigenvalue weighted by atomic mass is 9.99. The summed E-state index contributed by atoms with van der Waals surface area (Å²) in [4.78, 5) is 12.4. The molecular weight excluding hydrogens is 574 g/mol. The van der Waals surface area contributed by atoms with Gasteiger partial charge in [0.2, 0.25) is 5.91 Å². The minimum absolute atomic E-state index is 0.375. The first-order valence-corrected chi connectivity index (χ1v) is 20.4. The van der Waals surface area contributed by atoms with Crippen LogP contribution in [0.25, 0.3) is 0 Å². The average molecular weight is 656 g/mol. The molecule has 0 radical (unpaired) electrons. The summed E-state index contributed by atoms with van der Waals surface area (Å²) in [6, 6.07) is -0.977. The van der Waals surface area contributed by atoms with Crippen molar-refractivity contribution in [2.24, 2.45) is 0 Å². The first kappa shape index (κ1) is 45.3. The maximum Gasteiger partial charge on any atom is 0.249 e. The Kier molecular flexibility index (Phi) is 35.1. The highest BCUT2D eigenvalue weighted by Crippen LogP contribution is 2.17. The van der Waals surface area contributed by atoms with Gasteiger partial charge in [-0.2, -0.15) is 0 Å². The molecule has 0 fully saturated rings. The summed E-state index contributed by atoms with van der Waals surface area (Å²) in [5.41, 5.74) is 0. The van der Waals surface area contributed by atoms with E-state index in [0.717, 1.165) is 38.5 Å². The minimum atomic E-state index is -1.25. The summed E-state index contributed by atoms with van der Waals surface area (Å²) >= 11 is 0. The van der Waals surface area contributed by atoms with Crippen molar-refractivity contribution in [1.82, 2.24) is 5.32 Å². The zero-order valence-electron chi connectivity index (χ0n) is 30.8. The van der Waals surface area contributed by atoms with Gasteiger partial charge in [-0.1, -0.05) is 206 Å². The Labute approximate surface area is 286 Å². The van der Waals surface area contributed by atoms with E-state index in [2.05, 4.69) is 19.2 Å². The molecule has 5 N–H and O–H groups in total. The second kappa shape index (κ2) is 35.6. The number of hydrogen-bond donors (Lipinski definition) is 5. The first-order chi connectivity index (χ1) is 22.5. The molecule has 0 spiro atoms. The molecule has 0 heterocycles. The van der Waals surface area contributed by atoms with E-state index in [1.807, 2.05) is 0 Å². The molecule has 276 valence electrons. The monoisotopic (exact) mass is 656 g/mol. The largest absolute Gasteiger partial charge is 0.394 e. The normalized spacial score (nSPS) is 14.3. The molecule has 4 atom stereocenters. The Balaban J connectivity index is 3.68. The zero-order valence-corrected chi connectivity index (χ0v) is 30.8. The van der Waals surface area contributed by atoms with E-state index in [1.54, 1.807) is 0 Å². The fourth-order valence-electron chi connectivity index (χ4n) is 6.52. The van der Waals surface area contributed by atoms with Crippen LogP contribution in [-0.4, -0.2) is 57.3 Å². The summed E-state index contributed by atoms with van der Waals surface area (Å²) in [5.74, 6) is -0.581. The van der Waals surface area contributed by atoms with Crippen LogP contribution in [0.3, 0.4) is 0 Å². The highest BCUT2D eigenvalue weighted by atomic mass is 16.3. The lowest BCUT2D eigenvalue weighted by molar-refractivity contribution is -0.132. The summed E-state index contributed by atoms with van der Waals surface area (Å²) in [6.45, 7) is 4.03. The van der Waals surface area contributed by atoms with E-state index in [4.69, 9.17) is 0 Å². The number of unbranched alkanes of at least 4 members (excludes halogenated alkanes) is 28. The van der Waals surface area contributed by atoms with Crippen LogP contribution in [0.4, 0.5) is 0 Å². The van der Waals surface area contributed by atoms with E-state index >= 15 is 0 Å². The van der Waals surface area contributed by atoms with E-state index in [0.29, 0.717) is 12.8 Å². The van der Waals surface area contributed by atoms with Crippen LogP contribution >= 0.6 is 0 Å². The first-order valence-electron chi connectivity index (χ1n) is 20.4. The van der Waals surface area contributed by atoms with Crippen molar-refractivity contribution >= 4 is 5.91 Å². The van der Waals surface area contributed by atoms with Crippen molar-refractivity contribution in [2.45, 2.75) is 244 Å². The molecule has 0 rings (SSSR count). The Morgan fingerprint density at radius 3 is 1.04 bits per heavy atom. The lowest BCUT2D eigenvalue weighted by Crippen LogP contribution is -2.53. The highest BCUT2D eigenvalue weighted by Gasteiger charge is 2.28. The molecule has 0 aromatic rings. The number of rotatable bonds is 37. The van der Waals surface area contributed by atoms with Crippen molar-refractivity contribution < 1.29 is 25.2 Å². The Bertz CT molecular complexity index is 618. The average Bonchev–Trinajstić information content (AvgIpc) is 3.06. The molecule has 6 heteroatoms. The lowest BCUT2D eigenvalue weighted by Gasteiger charge is -2.27. The predicted octanol–water partition coefficient (Wildman–Crippen LogP) is 10.1. The quantitative estimate of drug-likeness (QED) is 0.0428. The van der Waals surface area contributed by atoms with Gasteiger partial charge in [0.25, 0.3) is 0 Å². The van der Waals surface area contributed by atoms with Crippen molar-refractivity contribution in [3.05, 3.63) is 0 Å². The fourth-order valence-corrected chi connectivity index (χ4v) is 6.52. The van der Waals surface area contributed by atoms with Crippen LogP contribution < -0.4 is 5.32 Å². The molecule has 3 unspecified atom stereocenters. The number of nitrogens with one attached hydrogen (secondary N) is 1. The smallest absolute Gasteiger partial charge is 0.249 e. The molecule has 0 aromatic carbocycles. The number of carbonyl (C=O) groups excluding carboxylic acids is 1. The van der Waals surface area contributed by atoms with Gasteiger partial charge in [0, 0.05) is 0 Å². The second-order valence-electron chi connectivity index (χ2n) is 14.3. The van der Waals surface area contributed by atoms with E-state index in [9.17, 15) is 25.2 Å². The van der Waals surface area contributed by atoms with Gasteiger partial charge in [0.15, 0.2) is 0 Å². The molecule has 6 nitrogen and oxygen atoms in total. The molecule has 0 saturated heterocycles. The number of carbonyl (C=O) groups is 1. The van der Waals surface area contributed by atoms with Gasteiger partial charge in [0.1, 0.15) is 12.2 Å². The predicted molar refractivity (Wildman–Crippen MR) is 196 cm³/mol. The van der Waals surface area contributed by atoms with Gasteiger partial charge in [-0.3, -0.25) is 4.79 Å². The summed E-state index contributed by atoms with van der Waals surface area (Å²) < 4.78 is 0. The number of amides is 1. The SMILES string of the molecule is CCCCCCCCCCCCCCCCCCCCCC[C@@H](O)C(=O)NC(CO)C(O)C(O)CCCCCCCCCCCC. The molecular formula is C40H81NO5. The van der Waals surface area contributed by atoms with Gasteiger partial charge in [-0.15, -0.1) is 0 Å². The fraction of sp³-hybridized carbons (Fsp3) is 0.975. The Morgan fingerprint density at radius 2 is 0.739 bits per heavy atom. The van der Waals surface area contributed by atoms with E-state index in [1.165, 1.54) is 154 Å². The molecule has 0 bridgehead atoms. The summed E-state index contributed by atoms with van der Waals surface area (Å²) in [6.07, 6.45) is 35.6. The van der Waals surface area contributed by atoms with E-state index < -0.39 is 36.9 Å². The minimum Gasteiger partial charge on any atom is -0.394 e. The van der Waals surface area contributed by atoms with Crippen molar-refractivity contribution in [3.63, 3.8) is 0 Å². The van der Waals surface area contributed by atoms with Gasteiger partial charge < -0.3 is 25.7 Å².